The molecule has 0 saturated heterocycles. The van der Waals surface area contributed by atoms with Gasteiger partial charge in [-0.15, -0.1) is 11.3 Å². The molecule has 2 aromatic heterocycles. The summed E-state index contributed by atoms with van der Waals surface area (Å²) in [5.74, 6) is 0.400. The van der Waals surface area contributed by atoms with E-state index in [1.54, 1.807) is 15.9 Å². The Kier molecular flexibility index (Phi) is 6.26. The summed E-state index contributed by atoms with van der Waals surface area (Å²) in [6, 6.07) is 9.89. The van der Waals surface area contributed by atoms with Crippen LogP contribution in [0.15, 0.2) is 40.3 Å². The van der Waals surface area contributed by atoms with Gasteiger partial charge in [0.2, 0.25) is 0 Å². The van der Waals surface area contributed by atoms with Crippen LogP contribution in [0.3, 0.4) is 0 Å². The molecular weight excluding hydrogens is 428 g/mol. The molecule has 0 amide bonds. The first-order valence-corrected chi connectivity index (χ1v) is 12.4. The number of fused-ring (bicyclic) bond motifs is 3. The first-order valence-electron chi connectivity index (χ1n) is 10.6. The van der Waals surface area contributed by atoms with E-state index in [-0.39, 0.29) is 22.7 Å². The lowest BCUT2D eigenvalue weighted by molar-refractivity contribution is -0.137. The fourth-order valence-electron chi connectivity index (χ4n) is 4.18. The lowest BCUT2D eigenvalue weighted by atomic mass is 9.72. The number of thioether (sulfide) groups is 1. The minimum absolute atomic E-state index is 0.00655. The standard InChI is InChI=1S/C24H28N2O3S2/c1-24(2,3)16-10-11-17-18(12-16)31-21-20(17)22(28)26(13-15-8-6-5-7-9-15)23(25-21)30-14-19(27)29-4/h5-9,16H,10-14H2,1-4H3/t16-/m0/s1. The lowest BCUT2D eigenvalue weighted by Crippen LogP contribution is -2.27. The average molecular weight is 457 g/mol. The molecule has 1 aliphatic rings. The molecular formula is C24H28N2O3S2. The molecule has 31 heavy (non-hydrogen) atoms. The number of thiophene rings is 1. The Balaban J connectivity index is 1.80. The van der Waals surface area contributed by atoms with E-state index in [1.807, 2.05) is 30.3 Å². The van der Waals surface area contributed by atoms with E-state index in [9.17, 15) is 9.59 Å². The van der Waals surface area contributed by atoms with Crippen LogP contribution in [-0.2, 0) is 28.9 Å². The van der Waals surface area contributed by atoms with Crippen LogP contribution in [0, 0.1) is 11.3 Å². The van der Waals surface area contributed by atoms with Crippen molar-refractivity contribution in [1.29, 1.82) is 0 Å². The average Bonchev–Trinajstić information content (AvgIpc) is 3.12. The third-order valence-corrected chi connectivity index (χ3v) is 8.19. The van der Waals surface area contributed by atoms with Crippen LogP contribution in [-0.4, -0.2) is 28.4 Å². The fourth-order valence-corrected chi connectivity index (χ4v) is 6.35. The Labute approximate surface area is 190 Å². The van der Waals surface area contributed by atoms with Gasteiger partial charge in [0.05, 0.1) is 24.8 Å². The second-order valence-corrected chi connectivity index (χ2v) is 11.2. The van der Waals surface area contributed by atoms with Crippen LogP contribution in [0.25, 0.3) is 10.2 Å². The van der Waals surface area contributed by atoms with Crippen molar-refractivity contribution in [3.63, 3.8) is 0 Å². The minimum Gasteiger partial charge on any atom is -0.468 e. The predicted molar refractivity (Wildman–Crippen MR) is 127 cm³/mol. The number of rotatable bonds is 5. The zero-order valence-corrected chi connectivity index (χ0v) is 20.1. The van der Waals surface area contributed by atoms with Crippen molar-refractivity contribution in [1.82, 2.24) is 9.55 Å². The second kappa shape index (κ2) is 8.79. The van der Waals surface area contributed by atoms with Gasteiger partial charge in [-0.2, -0.15) is 0 Å². The minimum atomic E-state index is -0.330. The van der Waals surface area contributed by atoms with Crippen molar-refractivity contribution < 1.29 is 9.53 Å². The molecule has 0 N–H and O–H groups in total. The van der Waals surface area contributed by atoms with Gasteiger partial charge < -0.3 is 4.74 Å². The van der Waals surface area contributed by atoms with Gasteiger partial charge >= 0.3 is 5.97 Å². The topological polar surface area (TPSA) is 61.2 Å². The molecule has 0 spiro atoms. The summed E-state index contributed by atoms with van der Waals surface area (Å²) in [7, 11) is 1.37. The number of hydrogen-bond acceptors (Lipinski definition) is 6. The van der Waals surface area contributed by atoms with Crippen molar-refractivity contribution in [2.45, 2.75) is 51.7 Å². The first kappa shape index (κ1) is 22.1. The summed E-state index contributed by atoms with van der Waals surface area (Å²) in [6.07, 6.45) is 3.02. The van der Waals surface area contributed by atoms with Crippen molar-refractivity contribution in [2.24, 2.45) is 11.3 Å². The molecule has 5 nitrogen and oxygen atoms in total. The number of carbonyl (C=O) groups excluding carboxylic acids is 1. The molecule has 1 aromatic carbocycles. The lowest BCUT2D eigenvalue weighted by Gasteiger charge is -2.33. The Hall–Kier alpha value is -2.12. The van der Waals surface area contributed by atoms with Crippen molar-refractivity contribution in [2.75, 3.05) is 12.9 Å². The summed E-state index contributed by atoms with van der Waals surface area (Å²) < 4.78 is 6.50. The summed E-state index contributed by atoms with van der Waals surface area (Å²) in [5.41, 5.74) is 2.45. The molecule has 2 heterocycles. The van der Waals surface area contributed by atoms with Gasteiger partial charge in [0, 0.05) is 4.88 Å². The quantitative estimate of drug-likeness (QED) is 0.310. The van der Waals surface area contributed by atoms with E-state index in [2.05, 4.69) is 20.8 Å². The number of nitrogens with zero attached hydrogens (tertiary/aromatic N) is 2. The number of carbonyl (C=O) groups is 1. The number of esters is 1. The summed E-state index contributed by atoms with van der Waals surface area (Å²) in [4.78, 5) is 32.4. The molecule has 4 rings (SSSR count). The van der Waals surface area contributed by atoms with Crippen molar-refractivity contribution in [3.05, 3.63) is 56.7 Å². The Bertz CT molecular complexity index is 1160. The number of ether oxygens (including phenoxy) is 1. The second-order valence-electron chi connectivity index (χ2n) is 9.13. The maximum atomic E-state index is 13.7. The maximum Gasteiger partial charge on any atom is 0.316 e. The highest BCUT2D eigenvalue weighted by Gasteiger charge is 2.32. The molecule has 0 radical (unpaired) electrons. The Morgan fingerprint density at radius 3 is 2.71 bits per heavy atom. The molecule has 1 aliphatic carbocycles. The SMILES string of the molecule is COC(=O)CSc1nc2sc3c(c2c(=O)n1Cc1ccccc1)CC[C@H](C(C)(C)C)C3. The number of hydrogen-bond donors (Lipinski definition) is 0. The normalized spacial score (nSPS) is 16.3. The number of aromatic nitrogens is 2. The van der Waals surface area contributed by atoms with Crippen LogP contribution < -0.4 is 5.56 Å². The van der Waals surface area contributed by atoms with E-state index in [0.717, 1.165) is 35.0 Å². The van der Waals surface area contributed by atoms with Crippen molar-refractivity contribution in [3.8, 4) is 0 Å². The van der Waals surface area contributed by atoms with Gasteiger partial charge in [0.15, 0.2) is 5.16 Å². The van der Waals surface area contributed by atoms with E-state index >= 15 is 0 Å². The molecule has 0 saturated carbocycles. The van der Waals surface area contributed by atoms with Gasteiger partial charge in [-0.3, -0.25) is 14.2 Å². The summed E-state index contributed by atoms with van der Waals surface area (Å²) in [5, 5.41) is 1.34. The molecule has 1 atom stereocenters. The Morgan fingerprint density at radius 2 is 2.03 bits per heavy atom. The highest BCUT2D eigenvalue weighted by atomic mass is 32.2. The van der Waals surface area contributed by atoms with Gasteiger partial charge in [0.1, 0.15) is 4.83 Å². The number of benzene rings is 1. The van der Waals surface area contributed by atoms with Crippen molar-refractivity contribution >= 4 is 39.3 Å². The maximum absolute atomic E-state index is 13.7. The van der Waals surface area contributed by atoms with E-state index < -0.39 is 0 Å². The first-order chi connectivity index (χ1) is 14.8. The van der Waals surface area contributed by atoms with Crippen LogP contribution in [0.5, 0.6) is 0 Å². The zero-order valence-electron chi connectivity index (χ0n) is 18.4. The third-order valence-electron chi connectivity index (χ3n) is 6.09. The third kappa shape index (κ3) is 4.58. The molecule has 0 unspecified atom stereocenters. The number of methoxy groups -OCH3 is 1. The highest BCUT2D eigenvalue weighted by molar-refractivity contribution is 7.99. The Morgan fingerprint density at radius 1 is 1.29 bits per heavy atom. The molecule has 0 bridgehead atoms. The van der Waals surface area contributed by atoms with Gasteiger partial charge in [-0.05, 0) is 41.7 Å². The van der Waals surface area contributed by atoms with E-state index in [1.165, 1.54) is 29.3 Å². The van der Waals surface area contributed by atoms with E-state index in [4.69, 9.17) is 9.72 Å². The fraction of sp³-hybridized carbons (Fsp3) is 0.458. The van der Waals surface area contributed by atoms with Gasteiger partial charge in [0.25, 0.3) is 5.56 Å². The van der Waals surface area contributed by atoms with Gasteiger partial charge in [-0.1, -0.05) is 62.9 Å². The van der Waals surface area contributed by atoms with Crippen LogP contribution >= 0.6 is 23.1 Å². The van der Waals surface area contributed by atoms with Crippen LogP contribution in [0.2, 0.25) is 0 Å². The smallest absolute Gasteiger partial charge is 0.316 e. The molecule has 0 aliphatic heterocycles. The highest BCUT2D eigenvalue weighted by Crippen LogP contribution is 2.42. The molecule has 3 aromatic rings. The van der Waals surface area contributed by atoms with Gasteiger partial charge in [-0.25, -0.2) is 4.98 Å². The van der Waals surface area contributed by atoms with Crippen LogP contribution in [0.4, 0.5) is 0 Å². The predicted octanol–water partition coefficient (Wildman–Crippen LogP) is 4.92. The molecule has 164 valence electrons. The largest absolute Gasteiger partial charge is 0.468 e. The molecule has 7 heteroatoms. The monoisotopic (exact) mass is 456 g/mol. The number of aryl methyl sites for hydroxylation is 1. The summed E-state index contributed by atoms with van der Waals surface area (Å²) >= 11 is 2.91. The molecule has 0 fully saturated rings. The van der Waals surface area contributed by atoms with Crippen LogP contribution in [0.1, 0.15) is 43.2 Å². The van der Waals surface area contributed by atoms with E-state index in [0.29, 0.717) is 17.6 Å². The zero-order chi connectivity index (χ0) is 22.2. The summed E-state index contributed by atoms with van der Waals surface area (Å²) in [6.45, 7) is 7.31.